The lowest BCUT2D eigenvalue weighted by atomic mass is 9.77. The minimum Gasteiger partial charge on any atom is -0.496 e. The molecule has 4 rings (SSSR count). The molecule has 0 saturated heterocycles. The van der Waals surface area contributed by atoms with Gasteiger partial charge in [0.15, 0.2) is 7.38 Å². The van der Waals surface area contributed by atoms with Gasteiger partial charge >= 0.3 is 0 Å². The van der Waals surface area contributed by atoms with Crippen molar-refractivity contribution in [3.05, 3.63) is 58.2 Å². The number of rotatable bonds is 4. The zero-order valence-electron chi connectivity index (χ0n) is 21.3. The second-order valence-electron chi connectivity index (χ2n) is 12.3. The molecular formula is C29H39ClOSi. The molecule has 0 radical (unpaired) electrons. The van der Waals surface area contributed by atoms with Crippen molar-refractivity contribution in [3.8, 4) is 16.9 Å². The van der Waals surface area contributed by atoms with Gasteiger partial charge in [-0.05, 0) is 64.0 Å². The van der Waals surface area contributed by atoms with Gasteiger partial charge in [0.05, 0.1) is 7.11 Å². The fraction of sp³-hybridized carbons (Fsp3) is 0.517. The number of ether oxygens (including phenoxy) is 1. The fourth-order valence-electron chi connectivity index (χ4n) is 5.33. The van der Waals surface area contributed by atoms with Crippen LogP contribution in [0.3, 0.4) is 0 Å². The Bertz CT molecular complexity index is 1040. The van der Waals surface area contributed by atoms with Crippen LogP contribution >= 0.6 is 11.1 Å². The molecule has 3 heteroatoms. The molecule has 2 aliphatic carbocycles. The number of benzene rings is 2. The molecule has 1 fully saturated rings. The Morgan fingerprint density at radius 1 is 0.938 bits per heavy atom. The molecule has 1 nitrogen and oxygen atoms in total. The minimum atomic E-state index is -1.90. The van der Waals surface area contributed by atoms with E-state index in [1.54, 1.807) is 5.57 Å². The van der Waals surface area contributed by atoms with Crippen molar-refractivity contribution >= 4 is 24.5 Å². The summed E-state index contributed by atoms with van der Waals surface area (Å²) in [5.74, 6) is 1.76. The summed E-state index contributed by atoms with van der Waals surface area (Å²) in [7, 11) is -0.0899. The molecule has 1 saturated carbocycles. The van der Waals surface area contributed by atoms with E-state index in [1.165, 1.54) is 46.2 Å². The van der Waals surface area contributed by atoms with E-state index >= 15 is 0 Å². The maximum atomic E-state index is 7.12. The van der Waals surface area contributed by atoms with E-state index in [9.17, 15) is 0 Å². The molecule has 0 bridgehead atoms. The van der Waals surface area contributed by atoms with Gasteiger partial charge in [0, 0.05) is 16.7 Å². The number of fused-ring (bicyclic) bond motifs is 1. The summed E-state index contributed by atoms with van der Waals surface area (Å²) in [5, 5.41) is 0. The van der Waals surface area contributed by atoms with Crippen molar-refractivity contribution in [2.75, 3.05) is 7.11 Å². The van der Waals surface area contributed by atoms with E-state index in [-0.39, 0.29) is 10.8 Å². The fourth-order valence-corrected chi connectivity index (χ4v) is 8.17. The van der Waals surface area contributed by atoms with E-state index in [1.807, 2.05) is 7.11 Å². The number of allylic oxidation sites excluding steroid dienone is 1. The zero-order chi connectivity index (χ0) is 23.6. The highest BCUT2D eigenvalue weighted by Crippen LogP contribution is 2.55. The van der Waals surface area contributed by atoms with Gasteiger partial charge in [-0.1, -0.05) is 84.5 Å². The summed E-state index contributed by atoms with van der Waals surface area (Å²) >= 11 is 7.12. The summed E-state index contributed by atoms with van der Waals surface area (Å²) in [6, 6.07) is 11.6. The van der Waals surface area contributed by atoms with Crippen molar-refractivity contribution in [1.82, 2.24) is 0 Å². The quantitative estimate of drug-likeness (QED) is 0.323. The third-order valence-corrected chi connectivity index (χ3v) is 9.72. The van der Waals surface area contributed by atoms with E-state index < -0.39 is 7.38 Å². The molecule has 0 aromatic heterocycles. The SMILES string of the molecule is COc1c(C(C)(C)C)cc(-c2cccc3c2C=C(C2CC2)C3[Si](C)(C)Cl)cc1C(C)(C)C. The highest BCUT2D eigenvalue weighted by Gasteiger charge is 2.44. The van der Waals surface area contributed by atoms with E-state index in [2.05, 4.69) is 91.0 Å². The van der Waals surface area contributed by atoms with Crippen LogP contribution in [0.5, 0.6) is 5.75 Å². The van der Waals surface area contributed by atoms with Crippen LogP contribution in [0.2, 0.25) is 13.1 Å². The van der Waals surface area contributed by atoms with E-state index in [0.717, 1.165) is 11.7 Å². The Balaban J connectivity index is 1.98. The van der Waals surface area contributed by atoms with E-state index in [4.69, 9.17) is 15.8 Å². The molecular weight excluding hydrogens is 428 g/mol. The minimum absolute atomic E-state index is 0.0120. The number of methoxy groups -OCH3 is 1. The summed E-state index contributed by atoms with van der Waals surface area (Å²) in [4.78, 5) is 0. The molecule has 172 valence electrons. The Kier molecular flexibility index (Phi) is 5.74. The smallest absolute Gasteiger partial charge is 0.161 e. The molecule has 32 heavy (non-hydrogen) atoms. The van der Waals surface area contributed by atoms with Gasteiger partial charge < -0.3 is 4.74 Å². The van der Waals surface area contributed by atoms with Crippen LogP contribution in [0.4, 0.5) is 0 Å². The molecule has 2 aromatic rings. The van der Waals surface area contributed by atoms with Gasteiger partial charge in [-0.2, -0.15) is 11.1 Å². The maximum Gasteiger partial charge on any atom is 0.161 e. The standard InChI is InChI=1S/C29H39ClOSi/c1-28(2,3)24-15-19(16-25(26(24)31-7)29(4,5)6)20-11-10-12-21-23(20)17-22(18-13-14-18)27(21)32(8,9)30/h10-12,15-18,27H,13-14H2,1-9H3. The first-order chi connectivity index (χ1) is 14.7. The van der Waals surface area contributed by atoms with Crippen LogP contribution in [-0.2, 0) is 10.8 Å². The molecule has 2 aliphatic rings. The molecule has 0 amide bonds. The number of hydrogen-bond acceptors (Lipinski definition) is 1. The molecule has 1 atom stereocenters. The Morgan fingerprint density at radius 2 is 1.50 bits per heavy atom. The predicted molar refractivity (Wildman–Crippen MR) is 143 cm³/mol. The highest BCUT2D eigenvalue weighted by atomic mass is 35.6. The third-order valence-electron chi connectivity index (χ3n) is 7.05. The lowest BCUT2D eigenvalue weighted by Crippen LogP contribution is -2.29. The lowest BCUT2D eigenvalue weighted by Gasteiger charge is -2.30. The van der Waals surface area contributed by atoms with Crippen LogP contribution in [-0.4, -0.2) is 14.5 Å². The summed E-state index contributed by atoms with van der Waals surface area (Å²) < 4.78 is 6.01. The largest absolute Gasteiger partial charge is 0.496 e. The Morgan fingerprint density at radius 3 is 1.94 bits per heavy atom. The summed E-state index contributed by atoms with van der Waals surface area (Å²) in [6.07, 6.45) is 5.14. The molecule has 0 N–H and O–H groups in total. The van der Waals surface area contributed by atoms with Crippen molar-refractivity contribution in [2.24, 2.45) is 5.92 Å². The van der Waals surface area contributed by atoms with Gasteiger partial charge in [0.1, 0.15) is 5.75 Å². The molecule has 0 spiro atoms. The van der Waals surface area contributed by atoms with Gasteiger partial charge in [-0.15, -0.1) is 0 Å². The van der Waals surface area contributed by atoms with Crippen LogP contribution in [0, 0.1) is 5.92 Å². The van der Waals surface area contributed by atoms with Crippen molar-refractivity contribution in [1.29, 1.82) is 0 Å². The van der Waals surface area contributed by atoms with Crippen molar-refractivity contribution in [3.63, 3.8) is 0 Å². The summed E-state index contributed by atoms with van der Waals surface area (Å²) in [6.45, 7) is 18.3. The topological polar surface area (TPSA) is 9.23 Å². The maximum absolute atomic E-state index is 7.12. The normalized spacial score (nSPS) is 19.1. The second kappa shape index (κ2) is 7.77. The molecule has 2 aromatic carbocycles. The average molecular weight is 467 g/mol. The van der Waals surface area contributed by atoms with Crippen molar-refractivity contribution < 1.29 is 4.74 Å². The first kappa shape index (κ1) is 23.6. The van der Waals surface area contributed by atoms with Gasteiger partial charge in [-0.3, -0.25) is 0 Å². The van der Waals surface area contributed by atoms with Crippen LogP contribution < -0.4 is 4.74 Å². The van der Waals surface area contributed by atoms with Crippen LogP contribution in [0.1, 0.15) is 82.2 Å². The van der Waals surface area contributed by atoms with Gasteiger partial charge in [0.2, 0.25) is 0 Å². The Hall–Kier alpha value is -1.51. The number of halogens is 1. The van der Waals surface area contributed by atoms with Gasteiger partial charge in [-0.25, -0.2) is 0 Å². The summed E-state index contributed by atoms with van der Waals surface area (Å²) in [5.41, 5.74) is 10.0. The van der Waals surface area contributed by atoms with Crippen LogP contribution in [0.25, 0.3) is 17.2 Å². The lowest BCUT2D eigenvalue weighted by molar-refractivity contribution is 0.381. The predicted octanol–water partition coefficient (Wildman–Crippen LogP) is 8.83. The molecule has 0 aliphatic heterocycles. The van der Waals surface area contributed by atoms with E-state index in [0.29, 0.717) is 5.54 Å². The van der Waals surface area contributed by atoms with Gasteiger partial charge in [0.25, 0.3) is 0 Å². The zero-order valence-corrected chi connectivity index (χ0v) is 23.1. The highest BCUT2D eigenvalue weighted by molar-refractivity contribution is 7.20. The third kappa shape index (κ3) is 4.21. The number of hydrogen-bond donors (Lipinski definition) is 0. The Labute approximate surface area is 200 Å². The van der Waals surface area contributed by atoms with Crippen LogP contribution in [0.15, 0.2) is 35.9 Å². The molecule has 0 heterocycles. The van der Waals surface area contributed by atoms with Crippen molar-refractivity contribution in [2.45, 2.75) is 83.8 Å². The first-order valence-electron chi connectivity index (χ1n) is 12.0. The first-order valence-corrected chi connectivity index (χ1v) is 16.1. The average Bonchev–Trinajstić information content (AvgIpc) is 3.43. The monoisotopic (exact) mass is 466 g/mol. The molecule has 1 unspecified atom stereocenters. The second-order valence-corrected chi connectivity index (χ2v) is 19.0.